The molecule has 1 aliphatic heterocycles. The highest BCUT2D eigenvalue weighted by molar-refractivity contribution is 6.31. The van der Waals surface area contributed by atoms with Crippen LogP contribution in [0.2, 0.25) is 5.02 Å². The number of furan rings is 1. The minimum atomic E-state index is -0.417. The van der Waals surface area contributed by atoms with E-state index in [9.17, 15) is 9.59 Å². The summed E-state index contributed by atoms with van der Waals surface area (Å²) in [6, 6.07) is 11.0. The van der Waals surface area contributed by atoms with Gasteiger partial charge in [-0.2, -0.15) is 0 Å². The van der Waals surface area contributed by atoms with Crippen LogP contribution in [-0.2, 0) is 16.0 Å². The second-order valence-corrected chi connectivity index (χ2v) is 7.30. The number of rotatable bonds is 7. The molecule has 2 N–H and O–H groups in total. The fraction of sp³-hybridized carbons (Fsp3) is 0.400. The van der Waals surface area contributed by atoms with E-state index in [-0.39, 0.29) is 17.9 Å². The molecule has 6 heteroatoms. The maximum absolute atomic E-state index is 12.4. The predicted molar refractivity (Wildman–Crippen MR) is 99.8 cm³/mol. The third-order valence-corrected chi connectivity index (χ3v) is 5.25. The Morgan fingerprint density at radius 1 is 1.35 bits per heavy atom. The van der Waals surface area contributed by atoms with Gasteiger partial charge in [0, 0.05) is 29.8 Å². The van der Waals surface area contributed by atoms with Gasteiger partial charge in [0.1, 0.15) is 5.76 Å². The molecule has 0 spiro atoms. The molecular formula is C20H23ClN2O3. The molecule has 0 unspecified atom stereocenters. The molecule has 5 nitrogen and oxygen atoms in total. The lowest BCUT2D eigenvalue weighted by molar-refractivity contribution is -0.123. The van der Waals surface area contributed by atoms with Gasteiger partial charge >= 0.3 is 0 Å². The number of benzene rings is 1. The van der Waals surface area contributed by atoms with Crippen molar-refractivity contribution in [1.29, 1.82) is 0 Å². The first-order valence-electron chi connectivity index (χ1n) is 8.85. The Bertz CT molecular complexity index is 775. The molecule has 0 bridgehead atoms. The first-order chi connectivity index (χ1) is 12.5. The molecule has 3 rings (SSSR count). The molecule has 2 heterocycles. The Morgan fingerprint density at radius 3 is 2.81 bits per heavy atom. The number of carbonyl (C=O) groups excluding carboxylic acids is 2. The molecule has 0 saturated carbocycles. The van der Waals surface area contributed by atoms with Gasteiger partial charge in [-0.25, -0.2) is 0 Å². The second kappa shape index (κ2) is 7.96. The predicted octanol–water partition coefficient (Wildman–Crippen LogP) is 3.78. The average Bonchev–Trinajstić information content (AvgIpc) is 3.24. The summed E-state index contributed by atoms with van der Waals surface area (Å²) in [5, 5.41) is 6.68. The van der Waals surface area contributed by atoms with E-state index >= 15 is 0 Å². The lowest BCUT2D eigenvalue weighted by atomic mass is 9.87. The Kier molecular flexibility index (Phi) is 5.67. The minimum Gasteiger partial charge on any atom is -0.469 e. The Balaban J connectivity index is 1.59. The van der Waals surface area contributed by atoms with Crippen LogP contribution in [0.15, 0.2) is 47.1 Å². The maximum atomic E-state index is 12.4. The van der Waals surface area contributed by atoms with Crippen molar-refractivity contribution in [2.75, 3.05) is 0 Å². The number of carbonyl (C=O) groups is 2. The molecule has 1 aromatic heterocycles. The number of halogens is 1. The van der Waals surface area contributed by atoms with E-state index in [0.717, 1.165) is 11.3 Å². The summed E-state index contributed by atoms with van der Waals surface area (Å²) in [6.45, 7) is 1.91. The topological polar surface area (TPSA) is 71.3 Å². The van der Waals surface area contributed by atoms with E-state index in [4.69, 9.17) is 16.0 Å². The maximum Gasteiger partial charge on any atom is 0.220 e. The van der Waals surface area contributed by atoms with Crippen LogP contribution < -0.4 is 10.6 Å². The van der Waals surface area contributed by atoms with Crippen LogP contribution in [0, 0.1) is 0 Å². The van der Waals surface area contributed by atoms with Gasteiger partial charge in [-0.15, -0.1) is 0 Å². The van der Waals surface area contributed by atoms with Crippen LogP contribution in [0.4, 0.5) is 0 Å². The summed E-state index contributed by atoms with van der Waals surface area (Å²) >= 11 is 6.19. The van der Waals surface area contributed by atoms with Crippen LogP contribution in [0.3, 0.4) is 0 Å². The van der Waals surface area contributed by atoms with Gasteiger partial charge < -0.3 is 15.1 Å². The van der Waals surface area contributed by atoms with E-state index in [0.29, 0.717) is 37.1 Å². The molecule has 1 aromatic carbocycles. The van der Waals surface area contributed by atoms with Crippen LogP contribution in [-0.4, -0.2) is 17.4 Å². The van der Waals surface area contributed by atoms with E-state index in [1.165, 1.54) is 0 Å². The SMILES string of the molecule is C[C@@H](NC(=O)CC[C@@]1(Cc2ccco2)CCC(=O)N1)c1ccccc1Cl. The minimum absolute atomic E-state index is 0.0291. The zero-order valence-electron chi connectivity index (χ0n) is 14.8. The monoisotopic (exact) mass is 374 g/mol. The zero-order valence-corrected chi connectivity index (χ0v) is 15.5. The van der Waals surface area contributed by atoms with Crippen molar-refractivity contribution in [3.63, 3.8) is 0 Å². The largest absolute Gasteiger partial charge is 0.469 e. The molecule has 26 heavy (non-hydrogen) atoms. The van der Waals surface area contributed by atoms with Gasteiger partial charge in [-0.3, -0.25) is 9.59 Å². The van der Waals surface area contributed by atoms with Crippen molar-refractivity contribution in [1.82, 2.24) is 10.6 Å². The van der Waals surface area contributed by atoms with Crippen LogP contribution in [0.25, 0.3) is 0 Å². The van der Waals surface area contributed by atoms with Crippen LogP contribution in [0.1, 0.15) is 50.0 Å². The number of hydrogen-bond donors (Lipinski definition) is 2. The number of nitrogens with one attached hydrogen (secondary N) is 2. The lowest BCUT2D eigenvalue weighted by Crippen LogP contribution is -2.44. The molecule has 2 aromatic rings. The Labute approximate surface area is 158 Å². The highest BCUT2D eigenvalue weighted by atomic mass is 35.5. The molecule has 0 radical (unpaired) electrons. The summed E-state index contributed by atoms with van der Waals surface area (Å²) in [5.74, 6) is 0.788. The highest BCUT2D eigenvalue weighted by Crippen LogP contribution is 2.30. The van der Waals surface area contributed by atoms with Crippen LogP contribution in [0.5, 0.6) is 0 Å². The van der Waals surface area contributed by atoms with Gasteiger partial charge in [0.2, 0.25) is 11.8 Å². The second-order valence-electron chi connectivity index (χ2n) is 6.90. The lowest BCUT2D eigenvalue weighted by Gasteiger charge is -2.28. The first-order valence-corrected chi connectivity index (χ1v) is 9.22. The summed E-state index contributed by atoms with van der Waals surface area (Å²) in [5.41, 5.74) is 0.474. The zero-order chi connectivity index (χ0) is 18.6. The molecular weight excluding hydrogens is 352 g/mol. The van der Waals surface area contributed by atoms with Crippen molar-refractivity contribution in [3.8, 4) is 0 Å². The molecule has 138 valence electrons. The summed E-state index contributed by atoms with van der Waals surface area (Å²) in [4.78, 5) is 24.2. The normalized spacial score (nSPS) is 20.6. The quantitative estimate of drug-likeness (QED) is 0.774. The Hall–Kier alpha value is -2.27. The molecule has 1 aliphatic rings. The van der Waals surface area contributed by atoms with E-state index < -0.39 is 5.54 Å². The average molecular weight is 375 g/mol. The molecule has 0 aliphatic carbocycles. The van der Waals surface area contributed by atoms with E-state index in [2.05, 4.69) is 10.6 Å². The Morgan fingerprint density at radius 2 is 2.15 bits per heavy atom. The summed E-state index contributed by atoms with van der Waals surface area (Å²) < 4.78 is 5.43. The molecule has 2 amide bonds. The van der Waals surface area contributed by atoms with Crippen molar-refractivity contribution in [2.24, 2.45) is 0 Å². The third-order valence-electron chi connectivity index (χ3n) is 4.91. The molecule has 1 fully saturated rings. The number of amides is 2. The number of hydrogen-bond acceptors (Lipinski definition) is 3. The van der Waals surface area contributed by atoms with Crippen molar-refractivity contribution in [2.45, 2.75) is 50.6 Å². The van der Waals surface area contributed by atoms with E-state index in [1.54, 1.807) is 6.26 Å². The smallest absolute Gasteiger partial charge is 0.220 e. The highest BCUT2D eigenvalue weighted by Gasteiger charge is 2.38. The van der Waals surface area contributed by atoms with Crippen molar-refractivity contribution < 1.29 is 14.0 Å². The molecule has 1 saturated heterocycles. The summed E-state index contributed by atoms with van der Waals surface area (Å²) in [7, 11) is 0. The van der Waals surface area contributed by atoms with Crippen molar-refractivity contribution in [3.05, 3.63) is 59.0 Å². The van der Waals surface area contributed by atoms with Gasteiger partial charge in [0.15, 0.2) is 0 Å². The van der Waals surface area contributed by atoms with Gasteiger partial charge in [-0.05, 0) is 43.5 Å². The molecule has 2 atom stereocenters. The van der Waals surface area contributed by atoms with Crippen molar-refractivity contribution >= 4 is 23.4 Å². The van der Waals surface area contributed by atoms with E-state index in [1.807, 2.05) is 43.3 Å². The fourth-order valence-electron chi connectivity index (χ4n) is 3.50. The summed E-state index contributed by atoms with van der Waals surface area (Å²) in [6.07, 6.45) is 4.31. The standard InChI is InChI=1S/C20H23ClN2O3/c1-14(16-6-2-3-7-17(16)21)22-18(24)8-10-20(11-9-19(25)23-20)13-15-5-4-12-26-15/h2-7,12,14H,8-11,13H2,1H3,(H,22,24)(H,23,25)/t14-,20+/m1/s1. The van der Waals surface area contributed by atoms with Crippen LogP contribution >= 0.6 is 11.6 Å². The van der Waals surface area contributed by atoms with Gasteiger partial charge in [0.05, 0.1) is 12.3 Å². The fourth-order valence-corrected chi connectivity index (χ4v) is 3.80. The van der Waals surface area contributed by atoms with Gasteiger partial charge in [-0.1, -0.05) is 29.8 Å². The first kappa shape index (κ1) is 18.5. The van der Waals surface area contributed by atoms with Gasteiger partial charge in [0.25, 0.3) is 0 Å². The third kappa shape index (κ3) is 4.47.